The lowest BCUT2D eigenvalue weighted by Gasteiger charge is -2.27. The van der Waals surface area contributed by atoms with E-state index in [9.17, 15) is 33.7 Å². The Morgan fingerprint density at radius 1 is 0.756 bits per heavy atom. The van der Waals surface area contributed by atoms with Crippen molar-refractivity contribution in [2.24, 2.45) is 23.7 Å². The van der Waals surface area contributed by atoms with Crippen LogP contribution in [0.2, 0.25) is 0 Å². The Bertz CT molecular complexity index is 884. The minimum absolute atomic E-state index is 0. The van der Waals surface area contributed by atoms with Gasteiger partial charge in [0.1, 0.15) is 33.9 Å². The highest BCUT2D eigenvalue weighted by Gasteiger charge is 2.35. The van der Waals surface area contributed by atoms with Crippen molar-refractivity contribution in [2.75, 3.05) is 81.4 Å². The Labute approximate surface area is 250 Å². The number of aliphatic carboxylic acids is 1. The van der Waals surface area contributed by atoms with Crippen molar-refractivity contribution in [1.29, 1.82) is 0 Å². The summed E-state index contributed by atoms with van der Waals surface area (Å²) in [6, 6.07) is 0. The molecule has 0 aliphatic heterocycles. The van der Waals surface area contributed by atoms with E-state index >= 15 is 0 Å². The first-order chi connectivity index (χ1) is 18.1. The smallest absolute Gasteiger partial charge is 0.309 e. The molecule has 0 fully saturated rings. The summed E-state index contributed by atoms with van der Waals surface area (Å²) >= 11 is 0. The van der Waals surface area contributed by atoms with Gasteiger partial charge in [-0.05, 0) is 25.7 Å². The lowest BCUT2D eigenvalue weighted by atomic mass is 9.82. The number of likely N-dealkylation sites (N-methyl/N-ethyl adjacent to an activating group) is 2. The van der Waals surface area contributed by atoms with E-state index in [0.29, 0.717) is 28.5 Å². The molecule has 0 heterocycles. The summed E-state index contributed by atoms with van der Waals surface area (Å²) in [5.74, 6) is -6.81. The predicted molar refractivity (Wildman–Crippen MR) is 145 cm³/mol. The summed E-state index contributed by atoms with van der Waals surface area (Å²) in [7, 11) is 7.09. The highest BCUT2D eigenvalue weighted by molar-refractivity contribution is 7.50. The second-order valence-corrected chi connectivity index (χ2v) is 14.1. The van der Waals surface area contributed by atoms with E-state index in [4.69, 9.17) is 19.1 Å². The van der Waals surface area contributed by atoms with Gasteiger partial charge in [0.15, 0.2) is 0 Å². The fraction of sp³-hybridized carbons (Fsp3) is 0.846. The van der Waals surface area contributed by atoms with Gasteiger partial charge in [0.25, 0.3) is 0 Å². The number of hydrogen-bond donors (Lipinski definition) is 2. The van der Waals surface area contributed by atoms with Gasteiger partial charge >= 0.3 is 23.9 Å². The van der Waals surface area contributed by atoms with E-state index in [-0.39, 0.29) is 44.9 Å². The fourth-order valence-electron chi connectivity index (χ4n) is 3.71. The van der Waals surface area contributed by atoms with Crippen LogP contribution in [0.1, 0.15) is 39.5 Å². The summed E-state index contributed by atoms with van der Waals surface area (Å²) in [6.45, 7) is 4.09. The second kappa shape index (κ2) is 18.7. The third-order valence-corrected chi connectivity index (χ3v) is 7.07. The van der Waals surface area contributed by atoms with Crippen LogP contribution in [0.3, 0.4) is 0 Å². The second-order valence-electron chi connectivity index (χ2n) is 12.3. The summed E-state index contributed by atoms with van der Waals surface area (Å²) < 4.78 is 27.8. The molecule has 242 valence electrons. The average molecular weight is 633 g/mol. The molecule has 0 spiro atoms. The lowest BCUT2D eigenvalue weighted by molar-refractivity contribution is -0.870. The van der Waals surface area contributed by atoms with Crippen molar-refractivity contribution in [3.63, 3.8) is 0 Å². The van der Waals surface area contributed by atoms with Crippen LogP contribution in [0.15, 0.2) is 0 Å². The van der Waals surface area contributed by atoms with E-state index in [0.717, 1.165) is 0 Å². The maximum absolute atomic E-state index is 13.1. The first-order valence-electron chi connectivity index (χ1n) is 13.5. The van der Waals surface area contributed by atoms with Crippen LogP contribution in [0, 0.1) is 23.7 Å². The van der Waals surface area contributed by atoms with Gasteiger partial charge in [-0.15, -0.1) is 0 Å². The number of carboxylic acid groups (broad SMARTS) is 1. The zero-order valence-electron chi connectivity index (χ0n) is 25.7. The molecular weight excluding hydrogens is 583 g/mol. The highest BCUT2D eigenvalue weighted by atomic mass is 35.5. The topological polar surface area (TPSA) is 177 Å². The van der Waals surface area contributed by atoms with Gasteiger partial charge in [-0.1, -0.05) is 13.8 Å². The first-order valence-corrected chi connectivity index (χ1v) is 15.3. The van der Waals surface area contributed by atoms with Crippen LogP contribution in [-0.2, 0) is 38.0 Å². The van der Waals surface area contributed by atoms with Crippen molar-refractivity contribution < 1.29 is 74.2 Å². The number of ether oxygens (including phenoxy) is 3. The SMILES string of the molecule is CCC(CC(CC(CC(C)C(=O)OCCP(=O)([O-])O)C(=O)O)C(=O)OCC[N+](C)(C)C)C(=O)OCC[N+](C)(C)C.[Cl-]. The third-order valence-electron chi connectivity index (χ3n) is 6.32. The Kier molecular flexibility index (Phi) is 18.9. The van der Waals surface area contributed by atoms with Crippen molar-refractivity contribution in [3.8, 4) is 0 Å². The van der Waals surface area contributed by atoms with Crippen molar-refractivity contribution >= 4 is 31.5 Å². The van der Waals surface area contributed by atoms with Crippen LogP contribution in [0.4, 0.5) is 0 Å². The molecule has 41 heavy (non-hydrogen) atoms. The molecule has 0 aromatic carbocycles. The first kappa shape index (κ1) is 41.4. The third kappa shape index (κ3) is 20.7. The summed E-state index contributed by atoms with van der Waals surface area (Å²) in [5, 5.41) is 9.88. The number of nitrogens with zero attached hydrogens (tertiary/aromatic N) is 2. The van der Waals surface area contributed by atoms with Gasteiger partial charge in [0, 0.05) is 6.16 Å². The summed E-state index contributed by atoms with van der Waals surface area (Å²) in [6.07, 6.45) is -0.708. The van der Waals surface area contributed by atoms with Crippen LogP contribution in [-0.4, -0.2) is 124 Å². The fourth-order valence-corrected chi connectivity index (χ4v) is 4.03. The zero-order valence-corrected chi connectivity index (χ0v) is 27.3. The Balaban J connectivity index is 0. The number of esters is 3. The number of hydrogen-bond acceptors (Lipinski definition) is 9. The average Bonchev–Trinajstić information content (AvgIpc) is 2.77. The molecule has 0 aliphatic carbocycles. The summed E-state index contributed by atoms with van der Waals surface area (Å²) in [5.41, 5.74) is 0. The number of carbonyl (C=O) groups excluding carboxylic acids is 3. The van der Waals surface area contributed by atoms with E-state index in [1.54, 1.807) is 6.92 Å². The Morgan fingerprint density at radius 3 is 1.56 bits per heavy atom. The molecule has 0 aliphatic rings. The van der Waals surface area contributed by atoms with Crippen LogP contribution in [0.5, 0.6) is 0 Å². The minimum Gasteiger partial charge on any atom is -1.00 e. The minimum atomic E-state index is -4.60. The van der Waals surface area contributed by atoms with Gasteiger partial charge in [0.2, 0.25) is 0 Å². The molecule has 0 saturated carbocycles. The molecule has 0 rings (SSSR count). The van der Waals surface area contributed by atoms with E-state index in [1.165, 1.54) is 6.92 Å². The maximum atomic E-state index is 13.1. The van der Waals surface area contributed by atoms with Gasteiger partial charge in [-0.2, -0.15) is 0 Å². The molecule has 0 aromatic heterocycles. The van der Waals surface area contributed by atoms with E-state index < -0.39 is 67.9 Å². The molecule has 0 aromatic rings. The monoisotopic (exact) mass is 632 g/mol. The van der Waals surface area contributed by atoms with Gasteiger partial charge in [-0.25, -0.2) is 0 Å². The predicted octanol–water partition coefficient (Wildman–Crippen LogP) is -2.27. The molecule has 0 bridgehead atoms. The molecule has 13 nitrogen and oxygen atoms in total. The van der Waals surface area contributed by atoms with E-state index in [2.05, 4.69) is 0 Å². The number of carboxylic acids is 1. The van der Waals surface area contributed by atoms with Crippen molar-refractivity contribution in [1.82, 2.24) is 0 Å². The molecule has 5 atom stereocenters. The number of quaternary nitrogens is 2. The maximum Gasteiger partial charge on any atom is 0.309 e. The molecular formula is C26H50ClN2O11P. The number of carbonyl (C=O) groups is 4. The molecule has 5 unspecified atom stereocenters. The highest BCUT2D eigenvalue weighted by Crippen LogP contribution is 2.30. The van der Waals surface area contributed by atoms with Gasteiger partial charge in [-0.3, -0.25) is 19.2 Å². The quantitative estimate of drug-likeness (QED) is 0.0640. The van der Waals surface area contributed by atoms with Gasteiger partial charge in [0.05, 0.1) is 72.6 Å². The zero-order chi connectivity index (χ0) is 31.3. The summed E-state index contributed by atoms with van der Waals surface area (Å²) in [4.78, 5) is 70.0. The molecule has 15 heteroatoms. The van der Waals surface area contributed by atoms with Gasteiger partial charge < -0.3 is 55.0 Å². The Morgan fingerprint density at radius 2 is 1.17 bits per heavy atom. The normalized spacial score (nSPS) is 16.2. The largest absolute Gasteiger partial charge is 1.00 e. The van der Waals surface area contributed by atoms with Crippen LogP contribution < -0.4 is 17.3 Å². The Hall–Kier alpha value is -1.76. The van der Waals surface area contributed by atoms with Crippen molar-refractivity contribution in [3.05, 3.63) is 0 Å². The van der Waals surface area contributed by atoms with Crippen LogP contribution in [0.25, 0.3) is 0 Å². The van der Waals surface area contributed by atoms with Crippen LogP contribution >= 0.6 is 7.60 Å². The molecule has 0 amide bonds. The molecule has 0 saturated heterocycles. The standard InChI is InChI=1S/C26H49N2O11P.ClH/c1-9-20(25(32)37-12-10-27(3,4)5)17-22(26(33)38-13-11-28(6,7)8)18-21(23(29)30)16-19(2)24(31)39-14-15-40(34,35)36;/h19-22H,9-18H2,1-8H3,(H-2,29,30,34,35,36);1H. The number of halogens is 1. The van der Waals surface area contributed by atoms with Crippen molar-refractivity contribution in [2.45, 2.75) is 39.5 Å². The number of rotatable bonds is 20. The lowest BCUT2D eigenvalue weighted by Crippen LogP contribution is -3.00. The van der Waals surface area contributed by atoms with E-state index in [1.807, 2.05) is 42.3 Å². The molecule has 0 radical (unpaired) electrons. The molecule has 2 N–H and O–H groups in total.